The highest BCUT2D eigenvalue weighted by atomic mass is 35.5. The number of furan rings is 1. The molecule has 0 aromatic carbocycles. The molecular weight excluding hydrogens is 270 g/mol. The maximum atomic E-state index is 11.5. The second kappa shape index (κ2) is 8.55. The highest BCUT2D eigenvalue weighted by Crippen LogP contribution is 1.99. The maximum Gasteiger partial charge on any atom is 0.287 e. The van der Waals surface area contributed by atoms with Crippen molar-refractivity contribution in [3.8, 4) is 0 Å². The van der Waals surface area contributed by atoms with Gasteiger partial charge in [0.15, 0.2) is 5.76 Å². The van der Waals surface area contributed by atoms with Crippen molar-refractivity contribution >= 4 is 24.2 Å². The summed E-state index contributed by atoms with van der Waals surface area (Å²) in [6.07, 6.45) is 1.43. The molecule has 19 heavy (non-hydrogen) atoms. The molecular formula is C12H20ClN3O3. The van der Waals surface area contributed by atoms with E-state index in [4.69, 9.17) is 10.2 Å². The predicted octanol–water partition coefficient (Wildman–Crippen LogP) is 0.531. The lowest BCUT2D eigenvalue weighted by Gasteiger charge is -2.15. The van der Waals surface area contributed by atoms with Crippen LogP contribution in [0.25, 0.3) is 0 Å². The summed E-state index contributed by atoms with van der Waals surface area (Å²) in [6, 6.07) is 2.69. The van der Waals surface area contributed by atoms with Crippen molar-refractivity contribution in [2.75, 3.05) is 13.1 Å². The lowest BCUT2D eigenvalue weighted by atomic mass is 10.1. The number of nitrogens with one attached hydrogen (secondary N) is 2. The average molecular weight is 290 g/mol. The first-order chi connectivity index (χ1) is 8.52. The molecule has 0 aliphatic carbocycles. The van der Waals surface area contributed by atoms with Crippen molar-refractivity contribution in [1.82, 2.24) is 10.6 Å². The van der Waals surface area contributed by atoms with E-state index in [9.17, 15) is 9.59 Å². The fourth-order valence-electron chi connectivity index (χ4n) is 1.28. The summed E-state index contributed by atoms with van der Waals surface area (Å²) in [4.78, 5) is 22.9. The first-order valence-electron chi connectivity index (χ1n) is 5.87. The molecule has 1 aromatic heterocycles. The largest absolute Gasteiger partial charge is 0.459 e. The van der Waals surface area contributed by atoms with Crippen LogP contribution in [0.2, 0.25) is 0 Å². The average Bonchev–Trinajstić information content (AvgIpc) is 2.86. The number of hydrogen-bond donors (Lipinski definition) is 3. The van der Waals surface area contributed by atoms with Crippen molar-refractivity contribution in [2.24, 2.45) is 11.7 Å². The van der Waals surface area contributed by atoms with Gasteiger partial charge in [-0.25, -0.2) is 0 Å². The number of halogens is 1. The summed E-state index contributed by atoms with van der Waals surface area (Å²) in [5.74, 6) is -0.178. The van der Waals surface area contributed by atoms with Gasteiger partial charge >= 0.3 is 0 Å². The van der Waals surface area contributed by atoms with Gasteiger partial charge in [-0.15, -0.1) is 12.4 Å². The number of amides is 2. The molecule has 0 aliphatic rings. The van der Waals surface area contributed by atoms with E-state index >= 15 is 0 Å². The molecule has 1 heterocycles. The molecule has 0 fully saturated rings. The summed E-state index contributed by atoms with van der Waals surface area (Å²) in [5.41, 5.74) is 5.66. The first kappa shape index (κ1) is 17.5. The van der Waals surface area contributed by atoms with Gasteiger partial charge in [-0.05, 0) is 18.1 Å². The van der Waals surface area contributed by atoms with E-state index in [1.165, 1.54) is 6.26 Å². The van der Waals surface area contributed by atoms with E-state index in [1.807, 2.05) is 13.8 Å². The van der Waals surface area contributed by atoms with E-state index in [-0.39, 0.29) is 35.9 Å². The molecule has 1 aromatic rings. The fourth-order valence-corrected chi connectivity index (χ4v) is 1.28. The van der Waals surface area contributed by atoms with E-state index in [0.717, 1.165) is 0 Å². The highest BCUT2D eigenvalue weighted by Gasteiger charge is 2.16. The molecule has 6 nitrogen and oxygen atoms in total. The minimum atomic E-state index is -0.522. The van der Waals surface area contributed by atoms with E-state index in [0.29, 0.717) is 13.1 Å². The smallest absolute Gasteiger partial charge is 0.287 e. The summed E-state index contributed by atoms with van der Waals surface area (Å²) in [5, 5.41) is 5.28. The molecule has 4 N–H and O–H groups in total. The minimum Gasteiger partial charge on any atom is -0.459 e. The summed E-state index contributed by atoms with van der Waals surface area (Å²) >= 11 is 0. The van der Waals surface area contributed by atoms with Gasteiger partial charge in [0.05, 0.1) is 12.3 Å². The monoisotopic (exact) mass is 289 g/mol. The minimum absolute atomic E-state index is 0. The second-order valence-corrected chi connectivity index (χ2v) is 4.29. The predicted molar refractivity (Wildman–Crippen MR) is 74.1 cm³/mol. The maximum absolute atomic E-state index is 11.5. The Hall–Kier alpha value is -1.53. The van der Waals surface area contributed by atoms with Gasteiger partial charge in [0.2, 0.25) is 5.91 Å². The topological polar surface area (TPSA) is 97.4 Å². The van der Waals surface area contributed by atoms with Crippen LogP contribution in [0.4, 0.5) is 0 Å². The molecule has 2 amide bonds. The Morgan fingerprint density at radius 2 is 1.95 bits per heavy atom. The quantitative estimate of drug-likeness (QED) is 0.666. The van der Waals surface area contributed by atoms with E-state index in [1.54, 1.807) is 12.1 Å². The summed E-state index contributed by atoms with van der Waals surface area (Å²) in [6.45, 7) is 4.42. The third-order valence-electron chi connectivity index (χ3n) is 2.48. The molecule has 0 saturated heterocycles. The van der Waals surface area contributed by atoms with Crippen LogP contribution in [0, 0.1) is 5.92 Å². The third-order valence-corrected chi connectivity index (χ3v) is 2.48. The second-order valence-electron chi connectivity index (χ2n) is 4.29. The number of carbonyl (C=O) groups excluding carboxylic acids is 2. The van der Waals surface area contributed by atoms with Gasteiger partial charge in [-0.1, -0.05) is 13.8 Å². The molecule has 7 heteroatoms. The van der Waals surface area contributed by atoms with Crippen LogP contribution in [0.15, 0.2) is 22.8 Å². The van der Waals surface area contributed by atoms with Gasteiger partial charge in [-0.3, -0.25) is 9.59 Å². The van der Waals surface area contributed by atoms with Crippen molar-refractivity contribution < 1.29 is 14.0 Å². The van der Waals surface area contributed by atoms with Gasteiger partial charge < -0.3 is 20.8 Å². The van der Waals surface area contributed by atoms with Crippen LogP contribution in [-0.4, -0.2) is 30.9 Å². The Labute approximate surface area is 118 Å². The first-order valence-corrected chi connectivity index (χ1v) is 5.87. The molecule has 108 valence electrons. The van der Waals surface area contributed by atoms with Crippen LogP contribution in [-0.2, 0) is 4.79 Å². The van der Waals surface area contributed by atoms with Crippen LogP contribution >= 0.6 is 12.4 Å². The number of rotatable bonds is 6. The van der Waals surface area contributed by atoms with Crippen LogP contribution in [0.5, 0.6) is 0 Å². The van der Waals surface area contributed by atoms with E-state index in [2.05, 4.69) is 10.6 Å². The lowest BCUT2D eigenvalue weighted by Crippen LogP contribution is -2.46. The van der Waals surface area contributed by atoms with Crippen LogP contribution in [0.1, 0.15) is 24.4 Å². The zero-order valence-corrected chi connectivity index (χ0v) is 11.8. The molecule has 0 bridgehead atoms. The van der Waals surface area contributed by atoms with Crippen LogP contribution in [0.3, 0.4) is 0 Å². The Morgan fingerprint density at radius 3 is 2.47 bits per heavy atom. The van der Waals surface area contributed by atoms with Gasteiger partial charge in [0.25, 0.3) is 5.91 Å². The van der Waals surface area contributed by atoms with Crippen molar-refractivity contribution in [2.45, 2.75) is 19.9 Å². The Kier molecular flexibility index (Phi) is 7.86. The highest BCUT2D eigenvalue weighted by molar-refractivity contribution is 5.91. The molecule has 0 unspecified atom stereocenters. The molecule has 0 saturated carbocycles. The normalized spacial score (nSPS) is 11.6. The third kappa shape index (κ3) is 5.76. The zero-order chi connectivity index (χ0) is 13.5. The zero-order valence-electron chi connectivity index (χ0n) is 11.0. The fraction of sp³-hybridized carbons (Fsp3) is 0.500. The Bertz CT molecular complexity index is 393. The Balaban J connectivity index is 0.00000324. The summed E-state index contributed by atoms with van der Waals surface area (Å²) in [7, 11) is 0. The van der Waals surface area contributed by atoms with Gasteiger partial charge in [0, 0.05) is 13.1 Å². The molecule has 1 atom stereocenters. The number of hydrogen-bond acceptors (Lipinski definition) is 4. The summed E-state index contributed by atoms with van der Waals surface area (Å²) < 4.78 is 4.92. The molecule has 0 spiro atoms. The Morgan fingerprint density at radius 1 is 1.32 bits per heavy atom. The van der Waals surface area contributed by atoms with Gasteiger partial charge in [-0.2, -0.15) is 0 Å². The van der Waals surface area contributed by atoms with Gasteiger partial charge in [0.1, 0.15) is 0 Å². The van der Waals surface area contributed by atoms with E-state index < -0.39 is 6.04 Å². The standard InChI is InChI=1S/C12H19N3O3.ClH/c1-8(2)10(13)12(17)15-6-5-14-11(16)9-4-3-7-18-9;/h3-4,7-8,10H,5-6,13H2,1-2H3,(H,14,16)(H,15,17);1H/t10-;/m0./s1. The molecule has 1 rings (SSSR count). The SMILES string of the molecule is CC(C)[C@H](N)C(=O)NCCNC(=O)c1ccco1.Cl. The number of nitrogens with two attached hydrogens (primary N) is 1. The van der Waals surface area contributed by atoms with Crippen molar-refractivity contribution in [3.63, 3.8) is 0 Å². The lowest BCUT2D eigenvalue weighted by molar-refractivity contribution is -0.123. The molecule has 0 aliphatic heterocycles. The van der Waals surface area contributed by atoms with Crippen LogP contribution < -0.4 is 16.4 Å². The number of carbonyl (C=O) groups is 2. The molecule has 0 radical (unpaired) electrons. The van der Waals surface area contributed by atoms with Crippen molar-refractivity contribution in [3.05, 3.63) is 24.2 Å². The van der Waals surface area contributed by atoms with Crippen molar-refractivity contribution in [1.29, 1.82) is 0 Å².